The molecule has 0 bridgehead atoms. The van der Waals surface area contributed by atoms with Crippen molar-refractivity contribution in [3.63, 3.8) is 0 Å². The second kappa shape index (κ2) is 8.75. The van der Waals surface area contributed by atoms with Crippen LogP contribution >= 0.6 is 63.1 Å². The van der Waals surface area contributed by atoms with Gasteiger partial charge in [-0.25, -0.2) is 0 Å². The molecule has 0 saturated carbocycles. The van der Waals surface area contributed by atoms with E-state index in [0.29, 0.717) is 13.2 Å². The van der Waals surface area contributed by atoms with Crippen molar-refractivity contribution >= 4 is 63.1 Å². The lowest BCUT2D eigenvalue weighted by Crippen LogP contribution is -2.36. The summed E-state index contributed by atoms with van der Waals surface area (Å²) in [6.45, 7) is 3.43. The van der Waals surface area contributed by atoms with Crippen molar-refractivity contribution in [2.75, 3.05) is 42.0 Å². The Balaban J connectivity index is 4.13. The van der Waals surface area contributed by atoms with Gasteiger partial charge in [-0.3, -0.25) is 0 Å². The van der Waals surface area contributed by atoms with Gasteiger partial charge in [-0.2, -0.15) is 63.1 Å². The number of rotatable bonds is 9. The second-order valence-electron chi connectivity index (χ2n) is 4.59. The van der Waals surface area contributed by atoms with Crippen LogP contribution in [0.1, 0.15) is 6.92 Å². The minimum Gasteiger partial charge on any atom is -0.380 e. The lowest BCUT2D eigenvalue weighted by molar-refractivity contribution is 0.0357. The smallest absolute Gasteiger partial charge is 0.0546 e. The van der Waals surface area contributed by atoms with E-state index in [1.165, 1.54) is 0 Å². The maximum Gasteiger partial charge on any atom is 0.0546 e. The zero-order valence-electron chi connectivity index (χ0n) is 9.59. The Bertz CT molecular complexity index is 172. The fourth-order valence-electron chi connectivity index (χ4n) is 0.942. The van der Waals surface area contributed by atoms with E-state index in [4.69, 9.17) is 4.74 Å². The van der Waals surface area contributed by atoms with Crippen LogP contribution in [-0.4, -0.2) is 42.0 Å². The average molecular weight is 319 g/mol. The first kappa shape index (κ1) is 17.7. The molecule has 0 amide bonds. The van der Waals surface area contributed by atoms with Crippen molar-refractivity contribution in [3.05, 3.63) is 0 Å². The first-order chi connectivity index (χ1) is 7.51. The van der Waals surface area contributed by atoms with E-state index >= 15 is 0 Å². The van der Waals surface area contributed by atoms with Crippen molar-refractivity contribution in [3.8, 4) is 0 Å². The van der Waals surface area contributed by atoms with Gasteiger partial charge in [0.1, 0.15) is 0 Å². The van der Waals surface area contributed by atoms with Gasteiger partial charge in [0.25, 0.3) is 0 Å². The van der Waals surface area contributed by atoms with E-state index in [-0.39, 0.29) is 10.8 Å². The van der Waals surface area contributed by atoms with Gasteiger partial charge >= 0.3 is 0 Å². The third-order valence-corrected chi connectivity index (χ3v) is 6.17. The van der Waals surface area contributed by atoms with Crippen LogP contribution < -0.4 is 0 Å². The predicted molar refractivity (Wildman–Crippen MR) is 90.6 cm³/mol. The molecule has 0 aromatic heterocycles. The Morgan fingerprint density at radius 1 is 0.750 bits per heavy atom. The first-order valence-corrected chi connectivity index (χ1v) is 8.30. The monoisotopic (exact) mass is 318 g/mol. The molecule has 6 heteroatoms. The van der Waals surface area contributed by atoms with E-state index in [1.807, 2.05) is 0 Å². The van der Waals surface area contributed by atoms with Crippen molar-refractivity contribution < 1.29 is 4.74 Å². The average Bonchev–Trinajstić information content (AvgIpc) is 2.35. The summed E-state index contributed by atoms with van der Waals surface area (Å²) >= 11 is 21.7. The van der Waals surface area contributed by atoms with Gasteiger partial charge in [0.2, 0.25) is 0 Å². The van der Waals surface area contributed by atoms with Crippen LogP contribution in [0.3, 0.4) is 0 Å². The van der Waals surface area contributed by atoms with E-state index in [2.05, 4.69) is 70.1 Å². The molecule has 0 radical (unpaired) electrons. The molecular weight excluding hydrogens is 296 g/mol. The standard InChI is InChI=1S/C10H22OS5/c1-9(4-12,5-13)2-11-3-10(6-14,7-15)8-16/h12-16H,2-8H2,1H3. The van der Waals surface area contributed by atoms with Gasteiger partial charge in [0, 0.05) is 10.8 Å². The molecule has 0 atom stereocenters. The van der Waals surface area contributed by atoms with Crippen molar-refractivity contribution in [2.45, 2.75) is 6.92 Å². The maximum absolute atomic E-state index is 5.77. The number of hydrogen-bond donors (Lipinski definition) is 5. The van der Waals surface area contributed by atoms with Gasteiger partial charge in [-0.05, 0) is 28.8 Å². The quantitative estimate of drug-likeness (QED) is 0.411. The maximum atomic E-state index is 5.77. The van der Waals surface area contributed by atoms with Crippen molar-refractivity contribution in [1.82, 2.24) is 0 Å². The summed E-state index contributed by atoms with van der Waals surface area (Å²) in [4.78, 5) is 0. The molecule has 0 unspecified atom stereocenters. The Morgan fingerprint density at radius 2 is 1.19 bits per heavy atom. The molecule has 0 aliphatic carbocycles. The fourth-order valence-corrected chi connectivity index (χ4v) is 3.00. The zero-order chi connectivity index (χ0) is 12.7. The Morgan fingerprint density at radius 3 is 1.50 bits per heavy atom. The van der Waals surface area contributed by atoms with E-state index in [9.17, 15) is 0 Å². The molecule has 0 aromatic carbocycles. The van der Waals surface area contributed by atoms with Gasteiger partial charge in [-0.1, -0.05) is 6.92 Å². The van der Waals surface area contributed by atoms with Crippen LogP contribution in [-0.2, 0) is 4.74 Å². The number of thiol groups is 5. The highest BCUT2D eigenvalue weighted by Gasteiger charge is 2.28. The molecule has 98 valence electrons. The van der Waals surface area contributed by atoms with Crippen LogP contribution in [0.4, 0.5) is 0 Å². The second-order valence-corrected chi connectivity index (χ2v) is 6.18. The molecule has 0 saturated heterocycles. The Labute approximate surface area is 127 Å². The summed E-state index contributed by atoms with van der Waals surface area (Å²) in [6.07, 6.45) is 0. The van der Waals surface area contributed by atoms with Gasteiger partial charge < -0.3 is 4.74 Å². The van der Waals surface area contributed by atoms with Crippen LogP contribution in [0, 0.1) is 10.8 Å². The molecule has 0 spiro atoms. The van der Waals surface area contributed by atoms with E-state index in [1.54, 1.807) is 0 Å². The molecule has 0 aromatic rings. The molecule has 0 aliphatic rings. The molecular formula is C10H22OS5. The van der Waals surface area contributed by atoms with E-state index < -0.39 is 0 Å². The number of ether oxygens (including phenoxy) is 1. The van der Waals surface area contributed by atoms with Gasteiger partial charge in [0.05, 0.1) is 13.2 Å². The fraction of sp³-hybridized carbons (Fsp3) is 1.00. The molecule has 16 heavy (non-hydrogen) atoms. The summed E-state index contributed by atoms with van der Waals surface area (Å²) in [5.74, 6) is 3.74. The SMILES string of the molecule is CC(CS)(CS)COCC(CS)(CS)CS. The largest absolute Gasteiger partial charge is 0.380 e. The summed E-state index contributed by atoms with van der Waals surface area (Å²) in [7, 11) is 0. The highest BCUT2D eigenvalue weighted by Crippen LogP contribution is 2.26. The third-order valence-electron chi connectivity index (χ3n) is 2.63. The van der Waals surface area contributed by atoms with Crippen molar-refractivity contribution in [1.29, 1.82) is 0 Å². The normalized spacial score (nSPS) is 13.1. The summed E-state index contributed by atoms with van der Waals surface area (Å²) in [5, 5.41) is 0. The van der Waals surface area contributed by atoms with Crippen LogP contribution in [0.2, 0.25) is 0 Å². The molecule has 0 heterocycles. The molecule has 0 N–H and O–H groups in total. The highest BCUT2D eigenvalue weighted by molar-refractivity contribution is 7.82. The zero-order valence-corrected chi connectivity index (χ0v) is 14.1. The molecule has 0 fully saturated rings. The topological polar surface area (TPSA) is 9.23 Å². The molecule has 1 nitrogen and oxygen atoms in total. The van der Waals surface area contributed by atoms with Gasteiger partial charge in [0.15, 0.2) is 0 Å². The Kier molecular flexibility index (Phi) is 9.69. The highest BCUT2D eigenvalue weighted by atomic mass is 32.1. The van der Waals surface area contributed by atoms with Crippen LogP contribution in [0.5, 0.6) is 0 Å². The van der Waals surface area contributed by atoms with E-state index in [0.717, 1.165) is 28.8 Å². The first-order valence-electron chi connectivity index (χ1n) is 5.13. The Hall–Kier alpha value is 1.71. The van der Waals surface area contributed by atoms with Crippen LogP contribution in [0.25, 0.3) is 0 Å². The lowest BCUT2D eigenvalue weighted by Gasteiger charge is -2.31. The van der Waals surface area contributed by atoms with Gasteiger partial charge in [-0.15, -0.1) is 0 Å². The molecule has 0 aliphatic heterocycles. The summed E-state index contributed by atoms with van der Waals surface area (Å²) in [6, 6.07) is 0. The molecule has 0 rings (SSSR count). The summed E-state index contributed by atoms with van der Waals surface area (Å²) in [5.41, 5.74) is -0.00873. The minimum absolute atomic E-state index is 0.0295. The van der Waals surface area contributed by atoms with Crippen molar-refractivity contribution in [2.24, 2.45) is 10.8 Å². The predicted octanol–water partition coefficient (Wildman–Crippen LogP) is 2.64. The lowest BCUT2D eigenvalue weighted by atomic mass is 9.95. The van der Waals surface area contributed by atoms with Crippen LogP contribution in [0.15, 0.2) is 0 Å². The number of hydrogen-bond acceptors (Lipinski definition) is 6. The minimum atomic E-state index is -0.0383. The summed E-state index contributed by atoms with van der Waals surface area (Å²) < 4.78 is 5.77. The third kappa shape index (κ3) is 5.57.